The Balaban J connectivity index is 1.64. The monoisotopic (exact) mass is 300 g/mol. The molecule has 2 aromatic rings. The number of aliphatic hydroxyl groups excluding tert-OH is 1. The van der Waals surface area contributed by atoms with Gasteiger partial charge in [-0.3, -0.25) is 4.79 Å². The fourth-order valence-electron chi connectivity index (χ4n) is 2.73. The summed E-state index contributed by atoms with van der Waals surface area (Å²) < 4.78 is 6.95. The first-order chi connectivity index (χ1) is 10.6. The molecule has 0 fully saturated rings. The van der Waals surface area contributed by atoms with Gasteiger partial charge in [0.1, 0.15) is 18.5 Å². The molecule has 1 aliphatic rings. The summed E-state index contributed by atoms with van der Waals surface area (Å²) in [5, 5.41) is 14.5. The zero-order valence-corrected chi connectivity index (χ0v) is 12.7. The third-order valence-electron chi connectivity index (χ3n) is 3.93. The van der Waals surface area contributed by atoms with Crippen LogP contribution >= 0.6 is 0 Å². The van der Waals surface area contributed by atoms with Crippen LogP contribution in [-0.4, -0.2) is 27.6 Å². The number of aromatic nitrogens is 2. The van der Waals surface area contributed by atoms with Crippen LogP contribution in [0.4, 0.5) is 0 Å². The molecule has 1 aromatic carbocycles. The number of hydrogen-bond donors (Lipinski definition) is 1. The lowest BCUT2D eigenvalue weighted by molar-refractivity contribution is 0.0875. The standard InChI is InChI=1S/C17H20N2O3/c1-12-5-2-3-8-16(12)22-11-14(20)10-19-17(21)9-13-6-4-7-15(13)18-19/h2-3,5,8-9,14,20H,4,6-7,10-11H2,1H3/t14-/m0/s1. The molecule has 0 amide bonds. The number of aryl methyl sites for hydroxylation is 3. The van der Waals surface area contributed by atoms with Crippen molar-refractivity contribution in [3.8, 4) is 5.75 Å². The highest BCUT2D eigenvalue weighted by Gasteiger charge is 2.16. The van der Waals surface area contributed by atoms with Crippen molar-refractivity contribution < 1.29 is 9.84 Å². The summed E-state index contributed by atoms with van der Waals surface area (Å²) in [6, 6.07) is 9.29. The summed E-state index contributed by atoms with van der Waals surface area (Å²) in [4.78, 5) is 12.0. The maximum absolute atomic E-state index is 12.0. The smallest absolute Gasteiger partial charge is 0.267 e. The van der Waals surface area contributed by atoms with Crippen LogP contribution in [0.1, 0.15) is 23.2 Å². The van der Waals surface area contributed by atoms with Gasteiger partial charge in [0.25, 0.3) is 5.56 Å². The minimum absolute atomic E-state index is 0.135. The van der Waals surface area contributed by atoms with Crippen LogP contribution in [0.25, 0.3) is 0 Å². The molecule has 1 aliphatic carbocycles. The molecule has 1 aromatic heterocycles. The summed E-state index contributed by atoms with van der Waals surface area (Å²) in [7, 11) is 0. The number of ether oxygens (including phenoxy) is 1. The average molecular weight is 300 g/mol. The highest BCUT2D eigenvalue weighted by atomic mass is 16.5. The first-order valence-electron chi connectivity index (χ1n) is 7.60. The van der Waals surface area contributed by atoms with E-state index in [2.05, 4.69) is 5.10 Å². The molecule has 0 spiro atoms. The molecule has 5 heteroatoms. The first kappa shape index (κ1) is 14.8. The predicted molar refractivity (Wildman–Crippen MR) is 83.2 cm³/mol. The van der Waals surface area contributed by atoms with Gasteiger partial charge in [0.2, 0.25) is 0 Å². The highest BCUT2D eigenvalue weighted by molar-refractivity contribution is 5.31. The van der Waals surface area contributed by atoms with Gasteiger partial charge in [-0.1, -0.05) is 18.2 Å². The molecule has 1 atom stereocenters. The number of rotatable bonds is 5. The van der Waals surface area contributed by atoms with Gasteiger partial charge in [0.15, 0.2) is 0 Å². The van der Waals surface area contributed by atoms with Crippen LogP contribution in [0, 0.1) is 6.92 Å². The van der Waals surface area contributed by atoms with E-state index in [1.807, 2.05) is 31.2 Å². The second kappa shape index (κ2) is 6.32. The van der Waals surface area contributed by atoms with Crippen LogP contribution in [0.2, 0.25) is 0 Å². The van der Waals surface area contributed by atoms with E-state index in [0.29, 0.717) is 0 Å². The van der Waals surface area contributed by atoms with Crippen molar-refractivity contribution in [3.63, 3.8) is 0 Å². The maximum atomic E-state index is 12.0. The van der Waals surface area contributed by atoms with Gasteiger partial charge in [-0.2, -0.15) is 5.10 Å². The third kappa shape index (κ3) is 3.20. The van der Waals surface area contributed by atoms with Crippen molar-refractivity contribution in [2.45, 2.75) is 38.8 Å². The van der Waals surface area contributed by atoms with E-state index in [-0.39, 0.29) is 18.7 Å². The number of fused-ring (bicyclic) bond motifs is 1. The molecule has 116 valence electrons. The van der Waals surface area contributed by atoms with Crippen molar-refractivity contribution in [2.75, 3.05) is 6.61 Å². The molecular formula is C17H20N2O3. The molecule has 3 rings (SSSR count). The molecule has 5 nitrogen and oxygen atoms in total. The number of benzene rings is 1. The van der Waals surface area contributed by atoms with Gasteiger partial charge in [0.05, 0.1) is 12.2 Å². The molecule has 1 N–H and O–H groups in total. The lowest BCUT2D eigenvalue weighted by Gasteiger charge is -2.15. The van der Waals surface area contributed by atoms with Gasteiger partial charge in [-0.05, 0) is 43.4 Å². The zero-order chi connectivity index (χ0) is 15.5. The molecule has 0 aliphatic heterocycles. The Bertz CT molecular complexity index is 724. The van der Waals surface area contributed by atoms with E-state index < -0.39 is 6.10 Å². The lowest BCUT2D eigenvalue weighted by atomic mass is 10.2. The van der Waals surface area contributed by atoms with E-state index in [9.17, 15) is 9.90 Å². The van der Waals surface area contributed by atoms with Crippen molar-refractivity contribution in [2.24, 2.45) is 0 Å². The second-order valence-electron chi connectivity index (χ2n) is 5.72. The van der Waals surface area contributed by atoms with Crippen LogP contribution in [0.5, 0.6) is 5.75 Å². The molecule has 0 saturated carbocycles. The summed E-state index contributed by atoms with van der Waals surface area (Å²) in [6.07, 6.45) is 2.11. The minimum Gasteiger partial charge on any atom is -0.491 e. The Kier molecular flexibility index (Phi) is 4.24. The summed E-state index contributed by atoms with van der Waals surface area (Å²) in [5.41, 5.74) is 2.89. The van der Waals surface area contributed by atoms with Crippen molar-refractivity contribution >= 4 is 0 Å². The summed E-state index contributed by atoms with van der Waals surface area (Å²) >= 11 is 0. The number of nitrogens with zero attached hydrogens (tertiary/aromatic N) is 2. The van der Waals surface area contributed by atoms with Crippen LogP contribution in [0.3, 0.4) is 0 Å². The largest absolute Gasteiger partial charge is 0.491 e. The average Bonchev–Trinajstić information content (AvgIpc) is 2.94. The van der Waals surface area contributed by atoms with Gasteiger partial charge in [-0.15, -0.1) is 0 Å². The van der Waals surface area contributed by atoms with Crippen molar-refractivity contribution in [3.05, 3.63) is 57.5 Å². The van der Waals surface area contributed by atoms with Gasteiger partial charge in [0, 0.05) is 6.07 Å². The summed E-state index contributed by atoms with van der Waals surface area (Å²) in [5.74, 6) is 0.746. The predicted octanol–water partition coefficient (Wildman–Crippen LogP) is 1.48. The van der Waals surface area contributed by atoms with E-state index in [1.54, 1.807) is 6.07 Å². The number of para-hydroxylation sites is 1. The topological polar surface area (TPSA) is 64.3 Å². The van der Waals surface area contributed by atoms with E-state index in [0.717, 1.165) is 41.8 Å². The normalized spacial score (nSPS) is 14.6. The highest BCUT2D eigenvalue weighted by Crippen LogP contribution is 2.18. The molecule has 0 bridgehead atoms. The third-order valence-corrected chi connectivity index (χ3v) is 3.93. The molecule has 22 heavy (non-hydrogen) atoms. The van der Waals surface area contributed by atoms with Crippen LogP contribution in [0.15, 0.2) is 35.1 Å². The minimum atomic E-state index is -0.774. The summed E-state index contributed by atoms with van der Waals surface area (Å²) in [6.45, 7) is 2.24. The molecule has 0 radical (unpaired) electrons. The quantitative estimate of drug-likeness (QED) is 0.908. The molecule has 0 unspecified atom stereocenters. The van der Waals surface area contributed by atoms with Crippen molar-refractivity contribution in [1.29, 1.82) is 0 Å². The zero-order valence-electron chi connectivity index (χ0n) is 12.7. The Labute approximate surface area is 129 Å². The molecule has 1 heterocycles. The van der Waals surface area contributed by atoms with Crippen molar-refractivity contribution in [1.82, 2.24) is 9.78 Å². The SMILES string of the molecule is Cc1ccccc1OC[C@@H](O)Cn1nc2c(cc1=O)CCC2. The van der Waals surface area contributed by atoms with Gasteiger partial charge >= 0.3 is 0 Å². The fourth-order valence-corrected chi connectivity index (χ4v) is 2.73. The first-order valence-corrected chi connectivity index (χ1v) is 7.60. The van der Waals surface area contributed by atoms with Gasteiger partial charge < -0.3 is 9.84 Å². The Morgan fingerprint density at radius 3 is 3.00 bits per heavy atom. The van der Waals surface area contributed by atoms with E-state index in [1.165, 1.54) is 4.68 Å². The number of aliphatic hydroxyl groups is 1. The Hall–Kier alpha value is -2.14. The van der Waals surface area contributed by atoms with E-state index >= 15 is 0 Å². The van der Waals surface area contributed by atoms with Crippen LogP contribution < -0.4 is 10.3 Å². The Morgan fingerprint density at radius 1 is 1.36 bits per heavy atom. The molecule has 0 saturated heterocycles. The van der Waals surface area contributed by atoms with Crippen LogP contribution in [-0.2, 0) is 19.4 Å². The van der Waals surface area contributed by atoms with E-state index in [4.69, 9.17) is 4.74 Å². The molecular weight excluding hydrogens is 280 g/mol. The Morgan fingerprint density at radius 2 is 2.18 bits per heavy atom. The lowest BCUT2D eigenvalue weighted by Crippen LogP contribution is -2.32. The maximum Gasteiger partial charge on any atom is 0.267 e. The fraction of sp³-hybridized carbons (Fsp3) is 0.412. The van der Waals surface area contributed by atoms with Gasteiger partial charge in [-0.25, -0.2) is 4.68 Å². The number of hydrogen-bond acceptors (Lipinski definition) is 4. The second-order valence-corrected chi connectivity index (χ2v) is 5.72.